The summed E-state index contributed by atoms with van der Waals surface area (Å²) in [7, 11) is 0. The second-order valence-corrected chi connectivity index (χ2v) is 29.5. The topological polar surface area (TPSA) is 43.6 Å². The van der Waals surface area contributed by atoms with Crippen LogP contribution < -0.4 is 4.40 Å². The van der Waals surface area contributed by atoms with Crippen LogP contribution in [0, 0.1) is 25.0 Å². The fraction of sp³-hybridized carbons (Fsp3) is 0.255. The van der Waals surface area contributed by atoms with Gasteiger partial charge in [0, 0.05) is 31.5 Å². The molecule has 9 rings (SSSR count). The number of imidazole rings is 1. The van der Waals surface area contributed by atoms with E-state index in [2.05, 4.69) is 159 Å². The van der Waals surface area contributed by atoms with Crippen molar-refractivity contribution >= 4 is 60.3 Å². The average molecular weight is 1070 g/mol. The van der Waals surface area contributed by atoms with Gasteiger partial charge in [0.2, 0.25) is 0 Å². The van der Waals surface area contributed by atoms with Gasteiger partial charge >= 0.3 is 128 Å². The Hall–Kier alpha value is -4.72. The maximum Gasteiger partial charge on any atom is 0 e. The Balaban J connectivity index is 0.000000227. The normalized spacial score (nSPS) is 12.5. The molecule has 0 amide bonds. The van der Waals surface area contributed by atoms with E-state index in [9.17, 15) is 0 Å². The first-order valence-electron chi connectivity index (χ1n) is 22.4. The first kappa shape index (κ1) is 42.6. The van der Waals surface area contributed by atoms with Gasteiger partial charge in [0.15, 0.2) is 0 Å². The van der Waals surface area contributed by atoms with Gasteiger partial charge in [-0.15, -0.1) is 18.2 Å². The predicted octanol–water partition coefficient (Wildman–Crippen LogP) is 14.8. The minimum atomic E-state index is -2.20. The van der Waals surface area contributed by atoms with E-state index in [4.69, 9.17) is 12.7 Å². The molecule has 9 aromatic rings. The third-order valence-electron chi connectivity index (χ3n) is 11.1. The second-order valence-electron chi connectivity index (χ2n) is 17.9. The number of para-hydroxylation sites is 2. The third kappa shape index (κ3) is 9.31. The SMILES string of the molecule is Cc1ccc2c(n1)sc1c(-c3nc4ccccc4n3-c3c(C(C)C)cc(-c4ccccc4)cc3C(C)C)[c-]ccc12.[2H]C([2H])(c1cc(-c2[c-]cccc2)nc[c]1[Ge]([CH3])([CH3])[CH3])C(C)C.[Ir]. The Morgan fingerprint density at radius 3 is 2.08 bits per heavy atom. The van der Waals surface area contributed by atoms with Gasteiger partial charge in [-0.25, -0.2) is 4.98 Å². The number of benzene rings is 5. The van der Waals surface area contributed by atoms with Crippen LogP contribution in [0.2, 0.25) is 17.3 Å². The van der Waals surface area contributed by atoms with E-state index < -0.39 is 19.6 Å². The largest absolute Gasteiger partial charge is 0 e. The van der Waals surface area contributed by atoms with E-state index in [0.29, 0.717) is 11.8 Å². The van der Waals surface area contributed by atoms with Crippen molar-refractivity contribution in [1.82, 2.24) is 19.5 Å². The van der Waals surface area contributed by atoms with Gasteiger partial charge in [-0.1, -0.05) is 87.2 Å². The molecule has 0 spiro atoms. The predicted molar refractivity (Wildman–Crippen MR) is 264 cm³/mol. The van der Waals surface area contributed by atoms with Crippen molar-refractivity contribution < 1.29 is 22.8 Å². The molecule has 0 fully saturated rings. The molecule has 4 heterocycles. The molecule has 7 heteroatoms. The van der Waals surface area contributed by atoms with Crippen LogP contribution >= 0.6 is 11.3 Å². The first-order valence-corrected chi connectivity index (χ1v) is 29.6. The maximum atomic E-state index is 8.56. The summed E-state index contributed by atoms with van der Waals surface area (Å²) >= 11 is -0.466. The number of hydrogen-bond acceptors (Lipinski definition) is 4. The molecular weight excluding hydrogens is 1010 g/mol. The number of thiophene rings is 1. The Morgan fingerprint density at radius 1 is 0.726 bits per heavy atom. The fourth-order valence-corrected chi connectivity index (χ4v) is 12.3. The number of aryl methyl sites for hydroxylation is 1. The molecule has 0 bridgehead atoms. The Morgan fingerprint density at radius 2 is 1.42 bits per heavy atom. The molecule has 0 saturated heterocycles. The summed E-state index contributed by atoms with van der Waals surface area (Å²) in [6.45, 7) is 15.1. The van der Waals surface area contributed by atoms with Crippen LogP contribution in [0.15, 0.2) is 128 Å². The van der Waals surface area contributed by atoms with Crippen LogP contribution in [0.4, 0.5) is 0 Å². The summed E-state index contributed by atoms with van der Waals surface area (Å²) in [5, 5.41) is 2.39. The summed E-state index contributed by atoms with van der Waals surface area (Å²) in [5.41, 5.74) is 13.1. The molecule has 0 atom stereocenters. The zero-order valence-corrected chi connectivity index (χ0v) is 42.7. The Kier molecular flexibility index (Phi) is 13.0. The molecule has 62 heavy (non-hydrogen) atoms. The number of nitrogens with zero attached hydrogens (tertiary/aromatic N) is 4. The van der Waals surface area contributed by atoms with Crippen molar-refractivity contribution in [2.75, 3.05) is 0 Å². The molecular formula is C55H56GeIrN4S-2. The molecule has 0 aliphatic heterocycles. The Labute approximate surface area is 391 Å². The smallest absolute Gasteiger partial charge is 0 e. The van der Waals surface area contributed by atoms with Gasteiger partial charge in [0.1, 0.15) is 4.83 Å². The number of hydrogen-bond donors (Lipinski definition) is 0. The molecule has 0 unspecified atom stereocenters. The standard InChI is InChI=1S/C37H32N3S.C18H24GeN.Ir/c1-22(2)30-20-26(25-12-7-6-8-13-25)21-31(23(3)4)34(30)40-33-17-10-9-16-32(33)39-36(40)29-15-11-14-27-28-19-18-24(5)38-37(28)41-35(27)29;1-14(2)11-16-12-18(15-9-7-6-8-10-15)20-13-17(16)19(3,4)5;/h6-14,16-23H,1-5H3;6-9,12-14H,11H2,1-5H3;/q2*-1;/i;11D2;. The molecule has 0 aliphatic rings. The summed E-state index contributed by atoms with van der Waals surface area (Å²) in [6, 6.07) is 48.9. The number of rotatable bonds is 9. The van der Waals surface area contributed by atoms with E-state index in [1.165, 1.54) is 43.4 Å². The third-order valence-corrected chi connectivity index (χ3v) is 16.5. The van der Waals surface area contributed by atoms with Gasteiger partial charge in [-0.2, -0.15) is 11.3 Å². The van der Waals surface area contributed by atoms with E-state index in [0.717, 1.165) is 54.2 Å². The summed E-state index contributed by atoms with van der Waals surface area (Å²) in [4.78, 5) is 15.8. The molecule has 0 saturated carbocycles. The minimum absolute atomic E-state index is 0. The molecule has 0 aliphatic carbocycles. The first-order chi connectivity index (χ1) is 30.0. The molecule has 317 valence electrons. The van der Waals surface area contributed by atoms with Crippen molar-refractivity contribution in [2.24, 2.45) is 5.92 Å². The van der Waals surface area contributed by atoms with Gasteiger partial charge in [-0.05, 0) is 81.4 Å². The molecule has 5 aromatic carbocycles. The van der Waals surface area contributed by atoms with Crippen molar-refractivity contribution in [2.45, 2.75) is 83.9 Å². The molecule has 0 N–H and O–H groups in total. The zero-order valence-electron chi connectivity index (χ0n) is 39.4. The molecule has 4 aromatic heterocycles. The van der Waals surface area contributed by atoms with Gasteiger partial charge in [-0.3, -0.25) is 4.98 Å². The molecule has 4 nitrogen and oxygen atoms in total. The van der Waals surface area contributed by atoms with Crippen LogP contribution in [0.5, 0.6) is 0 Å². The Bertz CT molecular complexity index is 3050. The van der Waals surface area contributed by atoms with E-state index in [-0.39, 0.29) is 26.0 Å². The van der Waals surface area contributed by atoms with Crippen molar-refractivity contribution in [3.05, 3.63) is 162 Å². The quantitative estimate of drug-likeness (QED) is 0.107. The fourth-order valence-electron chi connectivity index (χ4n) is 8.10. The van der Waals surface area contributed by atoms with Crippen LogP contribution in [0.1, 0.15) is 78.5 Å². The zero-order chi connectivity index (χ0) is 44.8. The van der Waals surface area contributed by atoms with Gasteiger partial charge < -0.3 is 4.57 Å². The van der Waals surface area contributed by atoms with Gasteiger partial charge in [0.05, 0.1) is 16.9 Å². The summed E-state index contributed by atoms with van der Waals surface area (Å²) in [5.74, 6) is 8.33. The number of aromatic nitrogens is 4. The van der Waals surface area contributed by atoms with E-state index >= 15 is 0 Å². The summed E-state index contributed by atoms with van der Waals surface area (Å²) in [6.07, 6.45) is 0.562. The monoisotopic (exact) mass is 1070 g/mol. The number of fused-ring (bicyclic) bond motifs is 4. The van der Waals surface area contributed by atoms with Crippen molar-refractivity contribution in [3.63, 3.8) is 0 Å². The van der Waals surface area contributed by atoms with Crippen LogP contribution in [0.25, 0.3) is 70.8 Å². The second kappa shape index (κ2) is 18.9. The van der Waals surface area contributed by atoms with Crippen LogP contribution in [0.3, 0.4) is 0 Å². The van der Waals surface area contributed by atoms with E-state index in [1.54, 1.807) is 11.3 Å². The van der Waals surface area contributed by atoms with Crippen molar-refractivity contribution in [1.29, 1.82) is 0 Å². The van der Waals surface area contributed by atoms with Crippen LogP contribution in [-0.2, 0) is 26.5 Å². The minimum Gasteiger partial charge on any atom is 0 e. The number of pyridine rings is 2. The van der Waals surface area contributed by atoms with Crippen molar-refractivity contribution in [3.8, 4) is 39.5 Å². The van der Waals surface area contributed by atoms with Crippen LogP contribution in [-0.4, -0.2) is 32.8 Å². The molecule has 1 radical (unpaired) electrons. The average Bonchev–Trinajstić information content (AvgIpc) is 3.84. The van der Waals surface area contributed by atoms with E-state index in [1.807, 2.05) is 56.4 Å². The summed E-state index contributed by atoms with van der Waals surface area (Å²) < 4.78 is 21.9. The van der Waals surface area contributed by atoms with Gasteiger partial charge in [0.25, 0.3) is 0 Å². The maximum absolute atomic E-state index is 8.56.